The second-order valence-electron chi connectivity index (χ2n) is 4.33. The van der Waals surface area contributed by atoms with Gasteiger partial charge in [0.1, 0.15) is 0 Å². The van der Waals surface area contributed by atoms with Crippen LogP contribution in [0.3, 0.4) is 0 Å². The summed E-state index contributed by atoms with van der Waals surface area (Å²) in [7, 11) is 0. The Balaban J connectivity index is 1.97. The van der Waals surface area contributed by atoms with E-state index in [9.17, 15) is 0 Å². The molecule has 0 radical (unpaired) electrons. The van der Waals surface area contributed by atoms with E-state index in [1.807, 2.05) is 5.51 Å². The summed E-state index contributed by atoms with van der Waals surface area (Å²) in [5, 5.41) is 2.06. The van der Waals surface area contributed by atoms with Crippen molar-refractivity contribution in [1.29, 1.82) is 0 Å². The molecule has 0 bridgehead atoms. The van der Waals surface area contributed by atoms with Crippen LogP contribution >= 0.6 is 11.3 Å². The van der Waals surface area contributed by atoms with Crippen LogP contribution < -0.4 is 10.6 Å². The molecule has 0 saturated heterocycles. The first kappa shape index (κ1) is 11.2. The Hall–Kier alpha value is -1.88. The van der Waals surface area contributed by atoms with Crippen LogP contribution in [-0.2, 0) is 0 Å². The van der Waals surface area contributed by atoms with Crippen molar-refractivity contribution in [2.45, 2.75) is 13.0 Å². The molecule has 0 aliphatic carbocycles. The van der Waals surface area contributed by atoms with Gasteiger partial charge in [-0.1, -0.05) is 17.7 Å². The van der Waals surface area contributed by atoms with Crippen molar-refractivity contribution in [3.63, 3.8) is 0 Å². The van der Waals surface area contributed by atoms with E-state index < -0.39 is 0 Å². The Morgan fingerprint density at radius 3 is 2.78 bits per heavy atom. The molecule has 2 N–H and O–H groups in total. The quantitative estimate of drug-likeness (QED) is 0.899. The summed E-state index contributed by atoms with van der Waals surface area (Å²) < 4.78 is 0. The Labute approximate surface area is 110 Å². The number of thiazole rings is 1. The number of hydrogen-bond donors (Lipinski definition) is 1. The fourth-order valence-corrected chi connectivity index (χ4v) is 2.73. The van der Waals surface area contributed by atoms with Crippen molar-refractivity contribution in [3.8, 4) is 0 Å². The summed E-state index contributed by atoms with van der Waals surface area (Å²) in [5.41, 5.74) is 11.2. The molecule has 3 rings (SSSR count). The Morgan fingerprint density at radius 2 is 2.11 bits per heavy atom. The van der Waals surface area contributed by atoms with E-state index >= 15 is 0 Å². The molecule has 1 aliphatic heterocycles. The highest BCUT2D eigenvalue weighted by molar-refractivity contribution is 7.07. The number of aromatic nitrogens is 1. The van der Waals surface area contributed by atoms with E-state index in [4.69, 9.17) is 5.73 Å². The van der Waals surface area contributed by atoms with Crippen molar-refractivity contribution in [3.05, 3.63) is 46.4 Å². The van der Waals surface area contributed by atoms with Gasteiger partial charge in [0.15, 0.2) is 5.96 Å². The molecular formula is C13H14N4S. The highest BCUT2D eigenvalue weighted by Gasteiger charge is 2.29. The zero-order valence-electron chi connectivity index (χ0n) is 10.1. The van der Waals surface area contributed by atoms with Crippen LogP contribution in [0.5, 0.6) is 0 Å². The smallest absolute Gasteiger partial charge is 0.196 e. The predicted molar refractivity (Wildman–Crippen MR) is 75.0 cm³/mol. The van der Waals surface area contributed by atoms with Gasteiger partial charge in [0.05, 0.1) is 23.8 Å². The van der Waals surface area contributed by atoms with Crippen LogP contribution in [0.25, 0.3) is 0 Å². The number of nitrogens with zero attached hydrogens (tertiary/aromatic N) is 3. The molecule has 1 unspecified atom stereocenters. The number of anilines is 1. The second kappa shape index (κ2) is 4.42. The van der Waals surface area contributed by atoms with Gasteiger partial charge in [-0.3, -0.25) is 4.99 Å². The number of nitrogens with two attached hydrogens (primary N) is 1. The minimum absolute atomic E-state index is 0.124. The fourth-order valence-electron chi connectivity index (χ4n) is 2.13. The Morgan fingerprint density at radius 1 is 1.33 bits per heavy atom. The van der Waals surface area contributed by atoms with Crippen molar-refractivity contribution in [2.24, 2.45) is 10.7 Å². The molecule has 5 heteroatoms. The van der Waals surface area contributed by atoms with Gasteiger partial charge in [0, 0.05) is 11.1 Å². The van der Waals surface area contributed by atoms with E-state index in [2.05, 4.69) is 51.4 Å². The normalized spacial score (nSPS) is 19.1. The molecule has 2 heterocycles. The lowest BCUT2D eigenvalue weighted by Crippen LogP contribution is -2.36. The molecule has 18 heavy (non-hydrogen) atoms. The zero-order valence-corrected chi connectivity index (χ0v) is 10.9. The molecule has 4 nitrogen and oxygen atoms in total. The molecule has 2 aromatic rings. The number of rotatable bonds is 2. The highest BCUT2D eigenvalue weighted by Crippen LogP contribution is 2.30. The molecule has 0 fully saturated rings. The lowest BCUT2D eigenvalue weighted by Gasteiger charge is -2.25. The van der Waals surface area contributed by atoms with Crippen LogP contribution in [0.4, 0.5) is 5.69 Å². The lowest BCUT2D eigenvalue weighted by molar-refractivity contribution is 0.746. The maximum Gasteiger partial charge on any atom is 0.196 e. The molecule has 1 atom stereocenters. The van der Waals surface area contributed by atoms with Crippen LogP contribution in [0, 0.1) is 6.92 Å². The molecule has 1 aromatic carbocycles. The lowest BCUT2D eigenvalue weighted by atomic mass is 10.1. The van der Waals surface area contributed by atoms with Gasteiger partial charge in [0.25, 0.3) is 0 Å². The zero-order chi connectivity index (χ0) is 12.5. The van der Waals surface area contributed by atoms with Crippen molar-refractivity contribution in [2.75, 3.05) is 11.4 Å². The molecule has 1 aromatic heterocycles. The van der Waals surface area contributed by atoms with Gasteiger partial charge in [-0.05, 0) is 19.1 Å². The van der Waals surface area contributed by atoms with Gasteiger partial charge < -0.3 is 10.6 Å². The maximum absolute atomic E-state index is 6.00. The summed E-state index contributed by atoms with van der Waals surface area (Å²) in [6.07, 6.45) is 0. The van der Waals surface area contributed by atoms with Gasteiger partial charge in [0.2, 0.25) is 0 Å². The third kappa shape index (κ3) is 1.86. The molecule has 0 spiro atoms. The summed E-state index contributed by atoms with van der Waals surface area (Å²) in [5.74, 6) is 0.567. The number of guanidine groups is 1. The maximum atomic E-state index is 6.00. The largest absolute Gasteiger partial charge is 0.369 e. The standard InChI is InChI=1S/C13H14N4S/c1-9-2-4-10(5-3-9)17-12(6-15-13(17)14)11-7-18-8-16-11/h2-5,7-8,12H,6H2,1H3,(H2,14,15). The summed E-state index contributed by atoms with van der Waals surface area (Å²) in [6, 6.07) is 8.43. The molecule has 92 valence electrons. The van der Waals surface area contributed by atoms with Gasteiger partial charge >= 0.3 is 0 Å². The van der Waals surface area contributed by atoms with Crippen LogP contribution in [-0.4, -0.2) is 17.5 Å². The molecule has 0 saturated carbocycles. The van der Waals surface area contributed by atoms with Crippen LogP contribution in [0.15, 0.2) is 40.1 Å². The van der Waals surface area contributed by atoms with E-state index in [-0.39, 0.29) is 6.04 Å². The number of aliphatic imine (C=N–C) groups is 1. The first-order chi connectivity index (χ1) is 8.75. The number of aryl methyl sites for hydroxylation is 1. The minimum atomic E-state index is 0.124. The first-order valence-corrected chi connectivity index (χ1v) is 6.74. The predicted octanol–water partition coefficient (Wildman–Crippen LogP) is 2.33. The van der Waals surface area contributed by atoms with Crippen molar-refractivity contribution >= 4 is 23.0 Å². The van der Waals surface area contributed by atoms with Gasteiger partial charge in [-0.2, -0.15) is 0 Å². The van der Waals surface area contributed by atoms with Crippen LogP contribution in [0.2, 0.25) is 0 Å². The van der Waals surface area contributed by atoms with E-state index in [1.54, 1.807) is 11.3 Å². The minimum Gasteiger partial charge on any atom is -0.369 e. The van der Waals surface area contributed by atoms with E-state index in [0.717, 1.165) is 11.4 Å². The van der Waals surface area contributed by atoms with Gasteiger partial charge in [-0.15, -0.1) is 11.3 Å². The second-order valence-corrected chi connectivity index (χ2v) is 5.05. The van der Waals surface area contributed by atoms with E-state index in [1.165, 1.54) is 5.56 Å². The third-order valence-corrected chi connectivity index (χ3v) is 3.69. The average molecular weight is 258 g/mol. The molecule has 0 amide bonds. The average Bonchev–Trinajstić information content (AvgIpc) is 2.99. The first-order valence-electron chi connectivity index (χ1n) is 5.79. The number of benzene rings is 1. The topological polar surface area (TPSA) is 54.5 Å². The van der Waals surface area contributed by atoms with Gasteiger partial charge in [-0.25, -0.2) is 4.98 Å². The molecule has 1 aliphatic rings. The fraction of sp³-hybridized carbons (Fsp3) is 0.231. The van der Waals surface area contributed by atoms with Crippen molar-refractivity contribution < 1.29 is 0 Å². The van der Waals surface area contributed by atoms with Crippen molar-refractivity contribution in [1.82, 2.24) is 4.98 Å². The summed E-state index contributed by atoms with van der Waals surface area (Å²) >= 11 is 1.60. The number of hydrogen-bond acceptors (Lipinski definition) is 5. The Kier molecular flexibility index (Phi) is 2.76. The molecular weight excluding hydrogens is 244 g/mol. The van der Waals surface area contributed by atoms with Crippen LogP contribution in [0.1, 0.15) is 17.3 Å². The summed E-state index contributed by atoms with van der Waals surface area (Å²) in [6.45, 7) is 2.74. The SMILES string of the molecule is Cc1ccc(N2C(N)=NCC2c2cscn2)cc1. The monoisotopic (exact) mass is 258 g/mol. The summed E-state index contributed by atoms with van der Waals surface area (Å²) in [4.78, 5) is 10.8. The highest BCUT2D eigenvalue weighted by atomic mass is 32.1. The van der Waals surface area contributed by atoms with E-state index in [0.29, 0.717) is 12.5 Å². The third-order valence-electron chi connectivity index (χ3n) is 3.09. The Bertz CT molecular complexity index is 559.